The third-order valence-corrected chi connectivity index (χ3v) is 6.26. The van der Waals surface area contributed by atoms with Gasteiger partial charge < -0.3 is 14.4 Å². The average molecular weight is 423 g/mol. The minimum Gasteiger partial charge on any atom is -0.454 e. The van der Waals surface area contributed by atoms with E-state index in [0.717, 1.165) is 37.6 Å². The minimum absolute atomic E-state index is 0. The minimum atomic E-state index is 0. The molecule has 0 aliphatic carbocycles. The van der Waals surface area contributed by atoms with Gasteiger partial charge in [0.1, 0.15) is 0 Å². The Hall–Kier alpha value is -1.46. The van der Waals surface area contributed by atoms with Crippen molar-refractivity contribution in [3.05, 3.63) is 59.2 Å². The van der Waals surface area contributed by atoms with Crippen LogP contribution >= 0.6 is 24.8 Å². The number of nitrogens with zero attached hydrogens (tertiary/aromatic N) is 2. The first-order valence-electron chi connectivity index (χ1n) is 9.68. The lowest BCUT2D eigenvalue weighted by atomic mass is 9.91. The second-order valence-corrected chi connectivity index (χ2v) is 7.77. The number of ether oxygens (including phenoxy) is 2. The van der Waals surface area contributed by atoms with Gasteiger partial charge in [-0.2, -0.15) is 0 Å². The number of hydrogen-bond acceptors (Lipinski definition) is 4. The largest absolute Gasteiger partial charge is 0.454 e. The van der Waals surface area contributed by atoms with Crippen LogP contribution < -0.4 is 9.47 Å². The zero-order valence-corrected chi connectivity index (χ0v) is 17.8. The fraction of sp³-hybridized carbons (Fsp3) is 0.455. The molecule has 28 heavy (non-hydrogen) atoms. The molecule has 1 saturated heterocycles. The smallest absolute Gasteiger partial charge is 0.231 e. The molecule has 152 valence electrons. The fourth-order valence-corrected chi connectivity index (χ4v) is 4.77. The number of hydrogen-bond donors (Lipinski definition) is 0. The van der Waals surface area contributed by atoms with Gasteiger partial charge in [-0.15, -0.1) is 24.8 Å². The lowest BCUT2D eigenvalue weighted by molar-refractivity contribution is 0.163. The summed E-state index contributed by atoms with van der Waals surface area (Å²) >= 11 is 0. The Bertz CT molecular complexity index is 803. The number of halogens is 2. The molecule has 0 aromatic heterocycles. The number of likely N-dealkylation sites (tertiary alicyclic amines) is 1. The van der Waals surface area contributed by atoms with Gasteiger partial charge in [-0.05, 0) is 49.5 Å². The van der Waals surface area contributed by atoms with E-state index < -0.39 is 0 Å². The number of rotatable bonds is 3. The van der Waals surface area contributed by atoms with Crippen molar-refractivity contribution < 1.29 is 9.47 Å². The summed E-state index contributed by atoms with van der Waals surface area (Å²) in [7, 11) is 2.25. The fourth-order valence-electron chi connectivity index (χ4n) is 4.77. The van der Waals surface area contributed by atoms with Crippen LogP contribution in [0.25, 0.3) is 0 Å². The molecular formula is C22H28Cl2N2O2. The van der Waals surface area contributed by atoms with Gasteiger partial charge in [0.15, 0.2) is 11.5 Å². The third kappa shape index (κ3) is 3.84. The highest BCUT2D eigenvalue weighted by Gasteiger charge is 2.33. The molecule has 4 nitrogen and oxygen atoms in total. The zero-order valence-electron chi connectivity index (χ0n) is 16.2. The SMILES string of the molecule is CN1CCc2c(ccc3c2OCO3)[C@H]1CN1CC[C@@H](c2ccccc2)C1.Cl.Cl. The number of benzene rings is 2. The van der Waals surface area contributed by atoms with E-state index in [4.69, 9.17) is 9.47 Å². The Morgan fingerprint density at radius 1 is 1.00 bits per heavy atom. The third-order valence-electron chi connectivity index (χ3n) is 6.26. The van der Waals surface area contributed by atoms with Crippen LogP contribution in [0.3, 0.4) is 0 Å². The molecule has 0 N–H and O–H groups in total. The maximum atomic E-state index is 5.77. The van der Waals surface area contributed by atoms with Crippen molar-refractivity contribution in [2.24, 2.45) is 0 Å². The molecule has 0 radical (unpaired) electrons. The summed E-state index contributed by atoms with van der Waals surface area (Å²) < 4.78 is 11.3. The second kappa shape index (κ2) is 8.91. The summed E-state index contributed by atoms with van der Waals surface area (Å²) in [5.74, 6) is 2.57. The number of likely N-dealkylation sites (N-methyl/N-ethyl adjacent to an activating group) is 1. The standard InChI is InChI=1S/C22H26N2O2.2ClH/c1-23-11-10-19-18(7-8-21-22(19)26-15-25-21)20(23)14-24-12-9-17(13-24)16-5-3-2-4-6-16;;/h2-8,17,20H,9-15H2,1H3;2*1H/t17-,20-;;/m1../s1. The van der Waals surface area contributed by atoms with Crippen molar-refractivity contribution in [3.8, 4) is 11.5 Å². The van der Waals surface area contributed by atoms with Crippen LogP contribution in [0.4, 0.5) is 0 Å². The van der Waals surface area contributed by atoms with E-state index in [0.29, 0.717) is 18.8 Å². The van der Waals surface area contributed by atoms with Gasteiger partial charge in [0, 0.05) is 31.2 Å². The van der Waals surface area contributed by atoms with E-state index in [2.05, 4.69) is 59.3 Å². The summed E-state index contributed by atoms with van der Waals surface area (Å²) in [4.78, 5) is 5.14. The van der Waals surface area contributed by atoms with Gasteiger partial charge >= 0.3 is 0 Å². The van der Waals surface area contributed by atoms with Crippen LogP contribution in [-0.4, -0.2) is 49.8 Å². The van der Waals surface area contributed by atoms with Crippen molar-refractivity contribution in [2.45, 2.75) is 24.8 Å². The van der Waals surface area contributed by atoms with Crippen LogP contribution in [0, 0.1) is 0 Å². The van der Waals surface area contributed by atoms with Crippen LogP contribution in [-0.2, 0) is 6.42 Å². The summed E-state index contributed by atoms with van der Waals surface area (Å²) in [5.41, 5.74) is 4.27. The highest BCUT2D eigenvalue weighted by Crippen LogP contribution is 2.43. The second-order valence-electron chi connectivity index (χ2n) is 7.77. The molecule has 0 saturated carbocycles. The van der Waals surface area contributed by atoms with Crippen molar-refractivity contribution in [1.29, 1.82) is 0 Å². The first-order valence-corrected chi connectivity index (χ1v) is 9.68. The monoisotopic (exact) mass is 422 g/mol. The van der Waals surface area contributed by atoms with Gasteiger partial charge in [0.05, 0.1) is 0 Å². The van der Waals surface area contributed by atoms with Crippen LogP contribution in [0.1, 0.15) is 35.1 Å². The van der Waals surface area contributed by atoms with Gasteiger partial charge in [-0.1, -0.05) is 36.4 Å². The van der Waals surface area contributed by atoms with Crippen LogP contribution in [0.5, 0.6) is 11.5 Å². The first kappa shape index (κ1) is 21.3. The molecule has 3 aliphatic heterocycles. The highest BCUT2D eigenvalue weighted by atomic mass is 35.5. The predicted octanol–water partition coefficient (Wildman–Crippen LogP) is 4.28. The lowest BCUT2D eigenvalue weighted by Crippen LogP contribution is -2.39. The normalized spacial score (nSPS) is 23.6. The molecule has 3 aliphatic rings. The number of fused-ring (bicyclic) bond motifs is 3. The van der Waals surface area contributed by atoms with Crippen molar-refractivity contribution in [1.82, 2.24) is 9.80 Å². The topological polar surface area (TPSA) is 24.9 Å². The summed E-state index contributed by atoms with van der Waals surface area (Å²) in [6.45, 7) is 4.87. The van der Waals surface area contributed by atoms with Gasteiger partial charge in [-0.25, -0.2) is 0 Å². The van der Waals surface area contributed by atoms with Crippen LogP contribution in [0.2, 0.25) is 0 Å². The zero-order chi connectivity index (χ0) is 17.5. The predicted molar refractivity (Wildman–Crippen MR) is 116 cm³/mol. The Kier molecular flexibility index (Phi) is 6.77. The van der Waals surface area contributed by atoms with E-state index >= 15 is 0 Å². The molecule has 0 bridgehead atoms. The molecule has 2 aromatic rings. The van der Waals surface area contributed by atoms with Gasteiger partial charge in [0.2, 0.25) is 6.79 Å². The Morgan fingerprint density at radius 3 is 2.64 bits per heavy atom. The van der Waals surface area contributed by atoms with E-state index in [-0.39, 0.29) is 24.8 Å². The quantitative estimate of drug-likeness (QED) is 0.736. The molecular weight excluding hydrogens is 395 g/mol. The molecule has 0 unspecified atom stereocenters. The summed E-state index contributed by atoms with van der Waals surface area (Å²) in [5, 5.41) is 0. The van der Waals surface area contributed by atoms with Crippen molar-refractivity contribution in [3.63, 3.8) is 0 Å². The van der Waals surface area contributed by atoms with E-state index in [9.17, 15) is 0 Å². The molecule has 2 aromatic carbocycles. The Labute approximate surface area is 179 Å². The summed E-state index contributed by atoms with van der Waals surface area (Å²) in [6, 6.07) is 15.8. The van der Waals surface area contributed by atoms with Gasteiger partial charge in [0.25, 0.3) is 0 Å². The maximum Gasteiger partial charge on any atom is 0.231 e. The molecule has 5 rings (SSSR count). The highest BCUT2D eigenvalue weighted by molar-refractivity contribution is 5.85. The average Bonchev–Trinajstić information content (AvgIpc) is 3.34. The van der Waals surface area contributed by atoms with Crippen molar-refractivity contribution >= 4 is 24.8 Å². The Morgan fingerprint density at radius 2 is 1.82 bits per heavy atom. The van der Waals surface area contributed by atoms with Gasteiger partial charge in [-0.3, -0.25) is 4.90 Å². The molecule has 1 fully saturated rings. The van der Waals surface area contributed by atoms with E-state index in [1.54, 1.807) is 0 Å². The molecule has 0 amide bonds. The van der Waals surface area contributed by atoms with E-state index in [1.165, 1.54) is 29.7 Å². The first-order chi connectivity index (χ1) is 12.8. The Balaban J connectivity index is 0.00000112. The molecule has 0 spiro atoms. The molecule has 6 heteroatoms. The van der Waals surface area contributed by atoms with Crippen molar-refractivity contribution in [2.75, 3.05) is 40.0 Å². The maximum absolute atomic E-state index is 5.77. The van der Waals surface area contributed by atoms with Crippen LogP contribution in [0.15, 0.2) is 42.5 Å². The summed E-state index contributed by atoms with van der Waals surface area (Å²) in [6.07, 6.45) is 2.30. The molecule has 3 heterocycles. The molecule has 2 atom stereocenters. The van der Waals surface area contributed by atoms with E-state index in [1.807, 2.05) is 0 Å². The lowest BCUT2D eigenvalue weighted by Gasteiger charge is -2.37.